The van der Waals surface area contributed by atoms with Crippen LogP contribution >= 0.6 is 0 Å². The van der Waals surface area contributed by atoms with Crippen LogP contribution in [-0.4, -0.2) is 30.0 Å². The first-order valence-electron chi connectivity index (χ1n) is 6.85. The quantitative estimate of drug-likeness (QED) is 0.862. The van der Waals surface area contributed by atoms with Crippen LogP contribution in [0.5, 0.6) is 0 Å². The van der Waals surface area contributed by atoms with Crippen molar-refractivity contribution in [2.45, 2.75) is 38.5 Å². The van der Waals surface area contributed by atoms with Gasteiger partial charge in [0.1, 0.15) is 5.60 Å². The molecule has 1 heterocycles. The second-order valence-corrected chi connectivity index (χ2v) is 6.24. The van der Waals surface area contributed by atoms with Crippen LogP contribution in [0.15, 0.2) is 18.2 Å². The summed E-state index contributed by atoms with van der Waals surface area (Å²) in [6, 6.07) is 3.16. The molecular weight excluding hydrogens is 299 g/mol. The number of halogens is 3. The first kappa shape index (κ1) is 16.6. The molecule has 0 bridgehead atoms. The fraction of sp³-hybridized carbons (Fsp3) is 0.533. The van der Waals surface area contributed by atoms with Crippen molar-refractivity contribution in [2.24, 2.45) is 0 Å². The zero-order chi connectivity index (χ0) is 16.7. The molecule has 1 aromatic rings. The normalized spacial score (nSPS) is 18.3. The minimum atomic E-state index is -4.46. The first-order chi connectivity index (χ1) is 10.0. The number of ether oxygens (including phenoxy) is 1. The maximum absolute atomic E-state index is 12.8. The van der Waals surface area contributed by atoms with Crippen LogP contribution in [0.1, 0.15) is 37.8 Å². The van der Waals surface area contributed by atoms with Crippen LogP contribution < -0.4 is 4.90 Å². The van der Waals surface area contributed by atoms with E-state index in [2.05, 4.69) is 0 Å². The smallest absolute Gasteiger partial charge is 0.416 e. The summed E-state index contributed by atoms with van der Waals surface area (Å²) in [4.78, 5) is 13.4. The van der Waals surface area contributed by atoms with Crippen molar-refractivity contribution in [1.29, 1.82) is 0 Å². The number of hydrogen-bond donors (Lipinski definition) is 1. The molecule has 22 heavy (non-hydrogen) atoms. The number of fused-ring (bicyclic) bond motifs is 1. The van der Waals surface area contributed by atoms with E-state index in [1.54, 1.807) is 20.8 Å². The molecule has 122 valence electrons. The minimum Gasteiger partial charge on any atom is -0.443 e. The largest absolute Gasteiger partial charge is 0.443 e. The number of amides is 1. The summed E-state index contributed by atoms with van der Waals surface area (Å²) < 4.78 is 43.6. The number of alkyl halides is 3. The SMILES string of the molecule is CC(C)(C)OC(=O)N1C[C@H](CO)c2cc(C(F)(F)F)ccc21. The number of aliphatic hydroxyl groups is 1. The van der Waals surface area contributed by atoms with Crippen molar-refractivity contribution in [3.63, 3.8) is 0 Å². The molecule has 0 aliphatic carbocycles. The Morgan fingerprint density at radius 3 is 2.50 bits per heavy atom. The highest BCUT2D eigenvalue weighted by Gasteiger charge is 2.38. The average Bonchev–Trinajstić information content (AvgIpc) is 2.73. The van der Waals surface area contributed by atoms with Crippen molar-refractivity contribution in [3.05, 3.63) is 29.3 Å². The summed E-state index contributed by atoms with van der Waals surface area (Å²) in [7, 11) is 0. The molecule has 0 radical (unpaired) electrons. The van der Waals surface area contributed by atoms with Gasteiger partial charge in [-0.15, -0.1) is 0 Å². The fourth-order valence-corrected chi connectivity index (χ4v) is 2.37. The van der Waals surface area contributed by atoms with Gasteiger partial charge in [-0.05, 0) is 44.5 Å². The van der Waals surface area contributed by atoms with Gasteiger partial charge in [0.25, 0.3) is 0 Å². The van der Waals surface area contributed by atoms with Crippen molar-refractivity contribution in [1.82, 2.24) is 0 Å². The molecule has 0 saturated heterocycles. The lowest BCUT2D eigenvalue weighted by Crippen LogP contribution is -2.36. The number of aliphatic hydroxyl groups excluding tert-OH is 1. The van der Waals surface area contributed by atoms with Crippen LogP contribution in [0, 0.1) is 0 Å². The Labute approximate surface area is 126 Å². The zero-order valence-electron chi connectivity index (χ0n) is 12.6. The Hall–Kier alpha value is -1.76. The van der Waals surface area contributed by atoms with Crippen LogP contribution in [0.2, 0.25) is 0 Å². The summed E-state index contributed by atoms with van der Waals surface area (Å²) >= 11 is 0. The van der Waals surface area contributed by atoms with Crippen molar-refractivity contribution in [3.8, 4) is 0 Å². The van der Waals surface area contributed by atoms with E-state index in [9.17, 15) is 23.1 Å². The summed E-state index contributed by atoms with van der Waals surface area (Å²) in [5.41, 5.74) is -0.847. The molecule has 0 unspecified atom stereocenters. The summed E-state index contributed by atoms with van der Waals surface area (Å²) in [5, 5.41) is 9.38. The Balaban J connectivity index is 2.36. The number of carbonyl (C=O) groups excluding carboxylic acids is 1. The van der Waals surface area contributed by atoms with E-state index < -0.39 is 29.4 Å². The molecule has 2 rings (SSSR count). The van der Waals surface area contributed by atoms with Gasteiger partial charge in [0, 0.05) is 12.5 Å². The third-order valence-corrected chi connectivity index (χ3v) is 3.32. The minimum absolute atomic E-state index is 0.0993. The lowest BCUT2D eigenvalue weighted by atomic mass is 10.00. The maximum Gasteiger partial charge on any atom is 0.416 e. The molecule has 1 aliphatic heterocycles. The van der Waals surface area contributed by atoms with E-state index in [1.165, 1.54) is 11.0 Å². The summed E-state index contributed by atoms with van der Waals surface area (Å²) in [6.45, 7) is 4.88. The van der Waals surface area contributed by atoms with E-state index in [4.69, 9.17) is 4.74 Å². The first-order valence-corrected chi connectivity index (χ1v) is 6.85. The molecule has 1 amide bonds. The van der Waals surface area contributed by atoms with E-state index in [0.717, 1.165) is 12.1 Å². The third kappa shape index (κ3) is 3.35. The standard InChI is InChI=1S/C15H18F3NO3/c1-14(2,3)22-13(21)19-7-9(8-20)11-6-10(15(16,17)18)4-5-12(11)19/h4-6,9,20H,7-8H2,1-3H3/t9-/m1/s1. The van der Waals surface area contributed by atoms with Gasteiger partial charge >= 0.3 is 12.3 Å². The van der Waals surface area contributed by atoms with Crippen LogP contribution in [-0.2, 0) is 10.9 Å². The van der Waals surface area contributed by atoms with Gasteiger partial charge in [0.15, 0.2) is 0 Å². The molecule has 0 spiro atoms. The lowest BCUT2D eigenvalue weighted by Gasteiger charge is -2.25. The predicted molar refractivity (Wildman–Crippen MR) is 74.9 cm³/mol. The Morgan fingerprint density at radius 2 is 2.00 bits per heavy atom. The number of rotatable bonds is 1. The second kappa shape index (κ2) is 5.46. The van der Waals surface area contributed by atoms with Gasteiger partial charge in [-0.3, -0.25) is 4.90 Å². The van der Waals surface area contributed by atoms with Crippen LogP contribution in [0.4, 0.5) is 23.7 Å². The molecule has 1 N–H and O–H groups in total. The molecule has 1 atom stereocenters. The van der Waals surface area contributed by atoms with Gasteiger partial charge in [0.2, 0.25) is 0 Å². The summed E-state index contributed by atoms with van der Waals surface area (Å²) in [6.07, 6.45) is -5.10. The molecular formula is C15H18F3NO3. The average molecular weight is 317 g/mol. The molecule has 4 nitrogen and oxygen atoms in total. The van der Waals surface area contributed by atoms with E-state index >= 15 is 0 Å². The zero-order valence-corrected chi connectivity index (χ0v) is 12.6. The van der Waals surface area contributed by atoms with Gasteiger partial charge < -0.3 is 9.84 Å². The third-order valence-electron chi connectivity index (χ3n) is 3.32. The van der Waals surface area contributed by atoms with Crippen molar-refractivity contribution < 1.29 is 27.8 Å². The summed E-state index contributed by atoms with van der Waals surface area (Å²) in [5.74, 6) is -0.551. The molecule has 0 aromatic heterocycles. The predicted octanol–water partition coefficient (Wildman–Crippen LogP) is 3.54. The highest BCUT2D eigenvalue weighted by Crippen LogP contribution is 2.40. The van der Waals surface area contributed by atoms with Crippen molar-refractivity contribution >= 4 is 11.8 Å². The fourth-order valence-electron chi connectivity index (χ4n) is 2.37. The van der Waals surface area contributed by atoms with Crippen LogP contribution in [0.25, 0.3) is 0 Å². The highest BCUT2D eigenvalue weighted by molar-refractivity contribution is 5.91. The molecule has 1 aromatic carbocycles. The van der Waals surface area contributed by atoms with Gasteiger partial charge in [-0.2, -0.15) is 13.2 Å². The number of nitrogens with zero attached hydrogens (tertiary/aromatic N) is 1. The second-order valence-electron chi connectivity index (χ2n) is 6.24. The van der Waals surface area contributed by atoms with Crippen molar-refractivity contribution in [2.75, 3.05) is 18.1 Å². The van der Waals surface area contributed by atoms with Gasteiger partial charge in [0.05, 0.1) is 17.9 Å². The van der Waals surface area contributed by atoms with E-state index in [-0.39, 0.29) is 13.2 Å². The molecule has 7 heteroatoms. The molecule has 0 saturated carbocycles. The Kier molecular flexibility index (Phi) is 4.12. The number of carbonyl (C=O) groups is 1. The maximum atomic E-state index is 12.8. The van der Waals surface area contributed by atoms with Gasteiger partial charge in [-0.1, -0.05) is 0 Å². The highest BCUT2D eigenvalue weighted by atomic mass is 19.4. The van der Waals surface area contributed by atoms with E-state index in [0.29, 0.717) is 11.3 Å². The number of benzene rings is 1. The molecule has 1 aliphatic rings. The Morgan fingerprint density at radius 1 is 1.36 bits per heavy atom. The number of anilines is 1. The van der Waals surface area contributed by atoms with Crippen LogP contribution in [0.3, 0.4) is 0 Å². The van der Waals surface area contributed by atoms with E-state index in [1.807, 2.05) is 0 Å². The topological polar surface area (TPSA) is 49.8 Å². The number of hydrogen-bond acceptors (Lipinski definition) is 3. The monoisotopic (exact) mass is 317 g/mol. The lowest BCUT2D eigenvalue weighted by molar-refractivity contribution is -0.137. The van der Waals surface area contributed by atoms with Gasteiger partial charge in [-0.25, -0.2) is 4.79 Å². The Bertz CT molecular complexity index is 578. The molecule has 0 fully saturated rings.